The quantitative estimate of drug-likeness (QED) is 0.340. The van der Waals surface area contributed by atoms with Crippen molar-refractivity contribution < 1.29 is 28.7 Å². The number of nitrogens with zero attached hydrogens (tertiary/aromatic N) is 4. The molecule has 0 aliphatic carbocycles. The molecular weight excluding hydrogens is 636 g/mol. The van der Waals surface area contributed by atoms with Gasteiger partial charge in [-0.3, -0.25) is 14.5 Å². The Kier molecular flexibility index (Phi) is 11.6. The molecule has 0 spiro atoms. The van der Waals surface area contributed by atoms with Gasteiger partial charge in [-0.25, -0.2) is 14.6 Å². The molecule has 6 atom stereocenters. The van der Waals surface area contributed by atoms with Crippen LogP contribution in [0.1, 0.15) is 85.9 Å². The lowest BCUT2D eigenvalue weighted by Crippen LogP contribution is -2.61. The monoisotopic (exact) mass is 692 g/mol. The minimum absolute atomic E-state index is 0.00403. The number of aryl methyl sites for hydroxylation is 1. The third-order valence-electron chi connectivity index (χ3n) is 10.2. The normalized spacial score (nSPS) is 29.3. The van der Waals surface area contributed by atoms with Crippen molar-refractivity contribution in [1.29, 1.82) is 0 Å². The van der Waals surface area contributed by atoms with Crippen LogP contribution in [0.2, 0.25) is 0 Å². The highest BCUT2D eigenvalue weighted by molar-refractivity contribution is 5.95. The van der Waals surface area contributed by atoms with Gasteiger partial charge < -0.3 is 29.6 Å². The second-order valence-electron chi connectivity index (χ2n) is 15.6. The number of benzene rings is 1. The highest BCUT2D eigenvalue weighted by atomic mass is 16.6. The third kappa shape index (κ3) is 8.68. The van der Waals surface area contributed by atoms with Crippen LogP contribution in [0.25, 0.3) is 11.0 Å². The van der Waals surface area contributed by atoms with E-state index in [1.54, 1.807) is 39.5 Å². The zero-order chi connectivity index (χ0) is 36.2. The van der Waals surface area contributed by atoms with E-state index in [1.807, 2.05) is 32.2 Å². The number of hydrogen-bond donors (Lipinski definition) is 2. The average molecular weight is 693 g/mol. The van der Waals surface area contributed by atoms with Gasteiger partial charge in [-0.05, 0) is 84.3 Å². The van der Waals surface area contributed by atoms with Crippen LogP contribution < -0.4 is 10.6 Å². The number of amides is 3. The first-order valence-corrected chi connectivity index (χ1v) is 18.3. The summed E-state index contributed by atoms with van der Waals surface area (Å²) < 4.78 is 13.1. The van der Waals surface area contributed by atoms with Crippen molar-refractivity contribution in [1.82, 2.24) is 30.0 Å². The molecule has 12 heteroatoms. The number of rotatable bonds is 5. The van der Waals surface area contributed by atoms with E-state index in [1.165, 1.54) is 0 Å². The molecule has 2 fully saturated rings. The standard InChI is InChI=1S/C38H56N6O6/c1-8-49-35(47)38(6)20-25(2)16-12-10-9-11-13-18-29(40-36(48)50-37(3,4)5)34(46)44-22-26-21-43(23-27(26)32(44)33(45)41-38)24-31-39-28-17-14-15-19-30(28)42(31)7/h12,14-17,19,25-27,29,32H,8-11,13,18,20-24H2,1-7H3,(H,40,48)(H,41,45)/b16-12-/t25-,26+,27+,29+,32+,38+/m1/s1. The Balaban J connectivity index is 1.46. The average Bonchev–Trinajstić information content (AvgIpc) is 3.69. The number of nitrogens with one attached hydrogen (secondary N) is 2. The molecule has 2 N–H and O–H groups in total. The molecule has 0 unspecified atom stereocenters. The Labute approximate surface area is 296 Å². The fourth-order valence-corrected chi connectivity index (χ4v) is 7.92. The number of likely N-dealkylation sites (tertiary alicyclic amines) is 1. The van der Waals surface area contributed by atoms with Gasteiger partial charge in [0.25, 0.3) is 0 Å². The van der Waals surface area contributed by atoms with E-state index < -0.39 is 35.3 Å². The molecule has 1 aromatic heterocycles. The van der Waals surface area contributed by atoms with Gasteiger partial charge in [-0.2, -0.15) is 0 Å². The van der Waals surface area contributed by atoms with E-state index in [-0.39, 0.29) is 36.2 Å². The molecule has 3 aliphatic rings. The maximum Gasteiger partial charge on any atom is 0.408 e. The minimum Gasteiger partial charge on any atom is -0.464 e. The molecule has 3 aliphatic heterocycles. The Morgan fingerprint density at radius 1 is 1.10 bits per heavy atom. The summed E-state index contributed by atoms with van der Waals surface area (Å²) >= 11 is 0. The van der Waals surface area contributed by atoms with E-state index in [0.717, 1.165) is 42.5 Å². The van der Waals surface area contributed by atoms with Crippen LogP contribution in [0.15, 0.2) is 36.4 Å². The maximum atomic E-state index is 14.6. The SMILES string of the molecule is CCOC(=O)[C@]1(C)C[C@H](C)/C=C\CCCCC[C@H](NC(=O)OC(C)(C)C)C(=O)N2C[C@@H]3CN(Cc4nc5ccccc5n4C)C[C@@H]3[C@H]2C(=O)N1. The van der Waals surface area contributed by atoms with E-state index in [2.05, 4.69) is 38.3 Å². The number of allylic oxidation sites excluding steroid dienone is 2. The van der Waals surface area contributed by atoms with Gasteiger partial charge in [0.15, 0.2) is 0 Å². The fraction of sp³-hybridized carbons (Fsp3) is 0.658. The molecule has 274 valence electrons. The van der Waals surface area contributed by atoms with Gasteiger partial charge in [-0.1, -0.05) is 44.1 Å². The Hall–Kier alpha value is -3.93. The summed E-state index contributed by atoms with van der Waals surface area (Å²) in [4.78, 5) is 64.4. The van der Waals surface area contributed by atoms with Crippen LogP contribution in [0, 0.1) is 17.8 Å². The molecule has 0 radical (unpaired) electrons. The molecule has 3 amide bonds. The molecule has 0 saturated carbocycles. The van der Waals surface area contributed by atoms with Crippen LogP contribution in [0.4, 0.5) is 4.79 Å². The number of fused-ring (bicyclic) bond motifs is 4. The van der Waals surface area contributed by atoms with Gasteiger partial charge >= 0.3 is 12.1 Å². The highest BCUT2D eigenvalue weighted by Gasteiger charge is 2.54. The van der Waals surface area contributed by atoms with Crippen molar-refractivity contribution in [2.75, 3.05) is 26.2 Å². The number of alkyl carbamates (subject to hydrolysis) is 1. The third-order valence-corrected chi connectivity index (χ3v) is 10.2. The smallest absolute Gasteiger partial charge is 0.408 e. The van der Waals surface area contributed by atoms with E-state index in [0.29, 0.717) is 39.0 Å². The summed E-state index contributed by atoms with van der Waals surface area (Å²) in [6, 6.07) is 6.34. The Morgan fingerprint density at radius 2 is 1.86 bits per heavy atom. The van der Waals surface area contributed by atoms with Gasteiger partial charge in [0.2, 0.25) is 11.8 Å². The van der Waals surface area contributed by atoms with Crippen LogP contribution in [0.3, 0.4) is 0 Å². The second-order valence-corrected chi connectivity index (χ2v) is 15.6. The number of carbonyl (C=O) groups excluding carboxylic acids is 4. The lowest BCUT2D eigenvalue weighted by Gasteiger charge is -2.36. The van der Waals surface area contributed by atoms with Crippen molar-refractivity contribution in [3.05, 3.63) is 42.2 Å². The van der Waals surface area contributed by atoms with Crippen molar-refractivity contribution >= 4 is 34.9 Å². The number of aromatic nitrogens is 2. The maximum absolute atomic E-state index is 14.6. The first-order valence-electron chi connectivity index (χ1n) is 18.3. The lowest BCUT2D eigenvalue weighted by molar-refractivity contribution is -0.154. The van der Waals surface area contributed by atoms with Gasteiger partial charge in [-0.15, -0.1) is 0 Å². The van der Waals surface area contributed by atoms with E-state index in [9.17, 15) is 19.2 Å². The van der Waals surface area contributed by atoms with E-state index >= 15 is 0 Å². The fourth-order valence-electron chi connectivity index (χ4n) is 7.92. The number of esters is 1. The molecule has 4 heterocycles. The number of imidazole rings is 1. The lowest BCUT2D eigenvalue weighted by atomic mass is 9.87. The summed E-state index contributed by atoms with van der Waals surface area (Å²) in [5, 5.41) is 5.93. The number of hydrogen-bond acceptors (Lipinski definition) is 8. The molecule has 12 nitrogen and oxygen atoms in total. The van der Waals surface area contributed by atoms with Crippen molar-refractivity contribution in [3.8, 4) is 0 Å². The van der Waals surface area contributed by atoms with Crippen LogP contribution in [0.5, 0.6) is 0 Å². The minimum atomic E-state index is -1.31. The zero-order valence-corrected chi connectivity index (χ0v) is 30.9. The van der Waals surface area contributed by atoms with Crippen LogP contribution in [-0.4, -0.2) is 92.7 Å². The van der Waals surface area contributed by atoms with Gasteiger partial charge in [0.1, 0.15) is 29.0 Å². The first-order chi connectivity index (χ1) is 23.7. The topological polar surface area (TPSA) is 135 Å². The largest absolute Gasteiger partial charge is 0.464 e. The molecule has 2 saturated heterocycles. The van der Waals surface area contributed by atoms with Gasteiger partial charge in [0, 0.05) is 32.6 Å². The van der Waals surface area contributed by atoms with Crippen molar-refractivity contribution in [2.45, 2.75) is 110 Å². The number of para-hydroxylation sites is 2. The van der Waals surface area contributed by atoms with E-state index in [4.69, 9.17) is 14.5 Å². The summed E-state index contributed by atoms with van der Waals surface area (Å²) in [6.07, 6.45) is 7.74. The Morgan fingerprint density at radius 3 is 2.58 bits per heavy atom. The Bertz CT molecular complexity index is 1580. The first kappa shape index (κ1) is 37.3. The van der Waals surface area contributed by atoms with Gasteiger partial charge in [0.05, 0.1) is 24.2 Å². The second kappa shape index (κ2) is 15.5. The number of ether oxygens (including phenoxy) is 2. The summed E-state index contributed by atoms with van der Waals surface area (Å²) in [6.45, 7) is 13.3. The molecular formula is C38H56N6O6. The number of carbonyl (C=O) groups is 4. The zero-order valence-electron chi connectivity index (χ0n) is 30.9. The summed E-state index contributed by atoms with van der Waals surface area (Å²) in [5.74, 6) is -0.412. The van der Waals surface area contributed by atoms with Crippen molar-refractivity contribution in [3.63, 3.8) is 0 Å². The molecule has 2 aromatic rings. The van der Waals surface area contributed by atoms with Crippen molar-refractivity contribution in [2.24, 2.45) is 24.8 Å². The molecule has 5 rings (SSSR count). The summed E-state index contributed by atoms with van der Waals surface area (Å²) in [5.41, 5.74) is -0.0483. The predicted molar refractivity (Wildman–Crippen MR) is 191 cm³/mol. The predicted octanol–water partition coefficient (Wildman–Crippen LogP) is 4.71. The van der Waals surface area contributed by atoms with Crippen LogP contribution >= 0.6 is 0 Å². The molecule has 0 bridgehead atoms. The molecule has 50 heavy (non-hydrogen) atoms. The molecule has 1 aromatic carbocycles. The highest BCUT2D eigenvalue weighted by Crippen LogP contribution is 2.38. The summed E-state index contributed by atoms with van der Waals surface area (Å²) in [7, 11) is 2.02. The van der Waals surface area contributed by atoms with Crippen LogP contribution in [-0.2, 0) is 37.4 Å².